The second kappa shape index (κ2) is 7.17. The SMILES string of the molecule is Nc1ccc2nc(-c3ccc4[nH]ncc4c3)c(-c3noc(CN4CCCCC4)n3)n2n1. The predicted molar refractivity (Wildman–Crippen MR) is 115 cm³/mol. The van der Waals surface area contributed by atoms with E-state index in [2.05, 4.69) is 30.3 Å². The molecule has 5 aromatic rings. The summed E-state index contributed by atoms with van der Waals surface area (Å²) in [5.74, 6) is 1.42. The van der Waals surface area contributed by atoms with Gasteiger partial charge in [0, 0.05) is 10.9 Å². The number of anilines is 1. The minimum atomic E-state index is 0.389. The monoisotopic (exact) mass is 415 g/mol. The molecule has 0 radical (unpaired) electrons. The number of nitrogens with two attached hydrogens (primary N) is 1. The molecule has 3 N–H and O–H groups in total. The van der Waals surface area contributed by atoms with E-state index in [1.165, 1.54) is 19.3 Å². The second-order valence-corrected chi connectivity index (χ2v) is 7.86. The fraction of sp³-hybridized carbons (Fsp3) is 0.286. The number of fused-ring (bicyclic) bond motifs is 2. The van der Waals surface area contributed by atoms with Crippen LogP contribution < -0.4 is 5.73 Å². The molecule has 1 aromatic carbocycles. The minimum absolute atomic E-state index is 0.389. The highest BCUT2D eigenvalue weighted by Gasteiger charge is 2.23. The molecule has 4 aromatic heterocycles. The van der Waals surface area contributed by atoms with Crippen molar-refractivity contribution < 1.29 is 4.52 Å². The number of H-pyrrole nitrogens is 1. The highest BCUT2D eigenvalue weighted by molar-refractivity contribution is 5.87. The molecule has 31 heavy (non-hydrogen) atoms. The van der Waals surface area contributed by atoms with Gasteiger partial charge in [-0.1, -0.05) is 17.6 Å². The maximum absolute atomic E-state index is 5.97. The van der Waals surface area contributed by atoms with E-state index in [0.717, 1.165) is 29.6 Å². The minimum Gasteiger partial charge on any atom is -0.382 e. The summed E-state index contributed by atoms with van der Waals surface area (Å²) in [6.45, 7) is 2.76. The van der Waals surface area contributed by atoms with Crippen LogP contribution in [0.5, 0.6) is 0 Å². The molecular formula is C21H21N9O. The fourth-order valence-corrected chi connectivity index (χ4v) is 4.16. The van der Waals surface area contributed by atoms with Crippen LogP contribution in [0.25, 0.3) is 39.3 Å². The van der Waals surface area contributed by atoms with Crippen molar-refractivity contribution in [2.75, 3.05) is 18.8 Å². The maximum Gasteiger partial charge on any atom is 0.241 e. The Morgan fingerprint density at radius 2 is 1.97 bits per heavy atom. The van der Waals surface area contributed by atoms with Gasteiger partial charge in [-0.05, 0) is 50.2 Å². The lowest BCUT2D eigenvalue weighted by Crippen LogP contribution is -2.29. The lowest BCUT2D eigenvalue weighted by Gasteiger charge is -2.24. The van der Waals surface area contributed by atoms with E-state index in [1.54, 1.807) is 16.8 Å². The van der Waals surface area contributed by atoms with Crippen LogP contribution in [0.3, 0.4) is 0 Å². The van der Waals surface area contributed by atoms with Gasteiger partial charge < -0.3 is 10.3 Å². The molecule has 0 amide bonds. The van der Waals surface area contributed by atoms with Crippen molar-refractivity contribution in [2.24, 2.45) is 0 Å². The molecule has 0 saturated carbocycles. The Labute approximate surface area is 177 Å². The van der Waals surface area contributed by atoms with Gasteiger partial charge in [0.1, 0.15) is 17.2 Å². The van der Waals surface area contributed by atoms with Gasteiger partial charge in [-0.25, -0.2) is 9.50 Å². The van der Waals surface area contributed by atoms with Gasteiger partial charge in [-0.2, -0.15) is 10.1 Å². The summed E-state index contributed by atoms with van der Waals surface area (Å²) >= 11 is 0. The van der Waals surface area contributed by atoms with E-state index in [1.807, 2.05) is 24.3 Å². The van der Waals surface area contributed by atoms with Crippen LogP contribution in [0.15, 0.2) is 41.1 Å². The molecule has 0 aliphatic carbocycles. The third-order valence-electron chi connectivity index (χ3n) is 5.70. The third kappa shape index (κ3) is 3.21. The van der Waals surface area contributed by atoms with Crippen molar-refractivity contribution in [1.29, 1.82) is 0 Å². The van der Waals surface area contributed by atoms with Gasteiger partial charge in [-0.3, -0.25) is 10.00 Å². The Hall–Kier alpha value is -3.79. The van der Waals surface area contributed by atoms with Gasteiger partial charge in [0.15, 0.2) is 5.65 Å². The first kappa shape index (κ1) is 18.0. The molecule has 0 unspecified atom stereocenters. The van der Waals surface area contributed by atoms with Crippen molar-refractivity contribution in [3.63, 3.8) is 0 Å². The number of imidazole rings is 1. The van der Waals surface area contributed by atoms with Crippen molar-refractivity contribution in [1.82, 2.24) is 39.8 Å². The Morgan fingerprint density at radius 1 is 1.06 bits per heavy atom. The van der Waals surface area contributed by atoms with Gasteiger partial charge in [0.2, 0.25) is 11.7 Å². The average Bonchev–Trinajstić information content (AvgIpc) is 3.51. The molecule has 1 aliphatic heterocycles. The lowest BCUT2D eigenvalue weighted by molar-refractivity contribution is 0.193. The van der Waals surface area contributed by atoms with E-state index < -0.39 is 0 Å². The van der Waals surface area contributed by atoms with Gasteiger partial charge in [-0.15, -0.1) is 5.10 Å². The number of piperidine rings is 1. The number of nitrogens with zero attached hydrogens (tertiary/aromatic N) is 7. The summed E-state index contributed by atoms with van der Waals surface area (Å²) in [7, 11) is 0. The molecule has 10 heteroatoms. The molecule has 1 aliphatic rings. The molecule has 0 atom stereocenters. The Bertz CT molecular complexity index is 1380. The second-order valence-electron chi connectivity index (χ2n) is 7.86. The number of hydrogen-bond donors (Lipinski definition) is 2. The Morgan fingerprint density at radius 3 is 2.87 bits per heavy atom. The molecule has 156 valence electrons. The number of rotatable bonds is 4. The van der Waals surface area contributed by atoms with Crippen molar-refractivity contribution in [3.8, 4) is 22.8 Å². The fourth-order valence-electron chi connectivity index (χ4n) is 4.16. The lowest BCUT2D eigenvalue weighted by atomic mass is 10.1. The average molecular weight is 415 g/mol. The summed E-state index contributed by atoms with van der Waals surface area (Å²) in [5, 5.41) is 16.8. The summed E-state index contributed by atoms with van der Waals surface area (Å²) in [6, 6.07) is 9.56. The number of aromatic nitrogens is 7. The zero-order valence-corrected chi connectivity index (χ0v) is 16.8. The number of hydrogen-bond acceptors (Lipinski definition) is 8. The summed E-state index contributed by atoms with van der Waals surface area (Å²) in [4.78, 5) is 11.8. The highest BCUT2D eigenvalue weighted by atomic mass is 16.5. The van der Waals surface area contributed by atoms with E-state index in [4.69, 9.17) is 15.2 Å². The predicted octanol–water partition coefficient (Wildman–Crippen LogP) is 2.89. The number of nitrogens with one attached hydrogen (secondary N) is 1. The molecule has 0 bridgehead atoms. The highest BCUT2D eigenvalue weighted by Crippen LogP contribution is 2.32. The number of aromatic amines is 1. The summed E-state index contributed by atoms with van der Waals surface area (Å²) in [5.41, 5.74) is 9.86. The molecule has 6 rings (SSSR count). The number of likely N-dealkylation sites (tertiary alicyclic amines) is 1. The molecule has 5 heterocycles. The molecule has 1 saturated heterocycles. The van der Waals surface area contributed by atoms with Crippen LogP contribution in [0, 0.1) is 0 Å². The quantitative estimate of drug-likeness (QED) is 0.459. The van der Waals surface area contributed by atoms with Crippen LogP contribution in [0.2, 0.25) is 0 Å². The molecule has 1 fully saturated rings. The van der Waals surface area contributed by atoms with Crippen LogP contribution in [-0.2, 0) is 6.54 Å². The Balaban J connectivity index is 1.47. The topological polar surface area (TPSA) is 127 Å². The van der Waals surface area contributed by atoms with Crippen LogP contribution in [0.1, 0.15) is 25.2 Å². The summed E-state index contributed by atoms with van der Waals surface area (Å²) < 4.78 is 7.28. The largest absolute Gasteiger partial charge is 0.382 e. The molecule has 10 nitrogen and oxygen atoms in total. The van der Waals surface area contributed by atoms with Crippen LogP contribution in [-0.4, -0.2) is 52.9 Å². The zero-order valence-electron chi connectivity index (χ0n) is 16.8. The maximum atomic E-state index is 5.97. The zero-order chi connectivity index (χ0) is 20.8. The first-order chi connectivity index (χ1) is 15.2. The first-order valence-electron chi connectivity index (χ1n) is 10.4. The number of benzene rings is 1. The van der Waals surface area contributed by atoms with E-state index in [0.29, 0.717) is 41.1 Å². The third-order valence-corrected chi connectivity index (χ3v) is 5.70. The van der Waals surface area contributed by atoms with Gasteiger partial charge >= 0.3 is 0 Å². The van der Waals surface area contributed by atoms with E-state index in [-0.39, 0.29) is 0 Å². The van der Waals surface area contributed by atoms with Gasteiger partial charge in [0.05, 0.1) is 18.3 Å². The van der Waals surface area contributed by atoms with Crippen LogP contribution >= 0.6 is 0 Å². The van der Waals surface area contributed by atoms with E-state index in [9.17, 15) is 0 Å². The first-order valence-corrected chi connectivity index (χ1v) is 10.4. The van der Waals surface area contributed by atoms with Crippen LogP contribution in [0.4, 0.5) is 5.82 Å². The Kier molecular flexibility index (Phi) is 4.17. The van der Waals surface area contributed by atoms with Gasteiger partial charge in [0.25, 0.3) is 0 Å². The normalized spacial score (nSPS) is 15.2. The van der Waals surface area contributed by atoms with E-state index >= 15 is 0 Å². The van der Waals surface area contributed by atoms with Crippen molar-refractivity contribution in [3.05, 3.63) is 42.4 Å². The molecule has 0 spiro atoms. The molecular weight excluding hydrogens is 394 g/mol. The smallest absolute Gasteiger partial charge is 0.241 e. The standard InChI is InChI=1S/C21H21N9O/c22-16-6-7-17-24-19(13-4-5-15-14(10-13)11-23-26-15)20(30(17)27-16)21-25-18(31-28-21)12-29-8-2-1-3-9-29/h4-7,10-11H,1-3,8-9,12H2,(H2,22,27)(H,23,26). The van der Waals surface area contributed by atoms with Crippen molar-refractivity contribution >= 4 is 22.4 Å². The summed E-state index contributed by atoms with van der Waals surface area (Å²) in [6.07, 6.45) is 5.48. The number of nitrogen functional groups attached to an aromatic ring is 1. The van der Waals surface area contributed by atoms with Crippen molar-refractivity contribution in [2.45, 2.75) is 25.8 Å².